The van der Waals surface area contributed by atoms with Crippen molar-refractivity contribution in [1.82, 2.24) is 14.7 Å². The van der Waals surface area contributed by atoms with Crippen LogP contribution in [0.15, 0.2) is 52.0 Å². The van der Waals surface area contributed by atoms with E-state index in [9.17, 15) is 9.59 Å². The standard InChI is InChI=1S/C22H23N5O4/c1-14-6-3-9-26-19(14)25-20-17(22(26)29)12-16(21(28)24-8-5-10-30-2)18(23)27(20)13-15-7-4-11-31-15/h3-4,6-7,9,11-12,23H,5,8,10,13H2,1-2H3,(H,24,28)/p+1. The summed E-state index contributed by atoms with van der Waals surface area (Å²) in [5, 5.41) is 3.12. The summed E-state index contributed by atoms with van der Waals surface area (Å²) in [5.74, 6) is 0.470. The number of furan rings is 1. The second-order valence-corrected chi connectivity index (χ2v) is 7.25. The van der Waals surface area contributed by atoms with Crippen molar-refractivity contribution >= 4 is 28.4 Å². The molecule has 0 saturated carbocycles. The van der Waals surface area contributed by atoms with Gasteiger partial charge in [0.05, 0.1) is 6.26 Å². The van der Waals surface area contributed by atoms with E-state index in [0.29, 0.717) is 42.0 Å². The Morgan fingerprint density at radius 2 is 2.19 bits per heavy atom. The molecule has 0 fully saturated rings. The third-order valence-corrected chi connectivity index (χ3v) is 5.12. The first-order valence-electron chi connectivity index (χ1n) is 9.94. The Bertz CT molecular complexity index is 1310. The molecule has 0 unspecified atom stereocenters. The molecule has 0 saturated heterocycles. The molecule has 1 amide bonds. The topological polar surface area (TPSA) is 116 Å². The number of carbonyl (C=O) groups excluding carboxylic acids is 1. The lowest BCUT2D eigenvalue weighted by Gasteiger charge is -2.12. The van der Waals surface area contributed by atoms with E-state index in [1.165, 1.54) is 10.5 Å². The van der Waals surface area contributed by atoms with Crippen molar-refractivity contribution in [2.24, 2.45) is 0 Å². The van der Waals surface area contributed by atoms with E-state index in [1.807, 2.05) is 13.0 Å². The number of hydrogen-bond donors (Lipinski definition) is 2. The van der Waals surface area contributed by atoms with Crippen LogP contribution in [0.2, 0.25) is 0 Å². The minimum atomic E-state index is -0.363. The summed E-state index contributed by atoms with van der Waals surface area (Å²) < 4.78 is 13.6. The Morgan fingerprint density at radius 1 is 1.35 bits per heavy atom. The number of hydrogen-bond acceptors (Lipinski definition) is 6. The van der Waals surface area contributed by atoms with Crippen molar-refractivity contribution in [3.63, 3.8) is 0 Å². The number of nitrogens with two attached hydrogens (primary N) is 1. The van der Waals surface area contributed by atoms with Crippen molar-refractivity contribution in [3.05, 3.63) is 70.0 Å². The van der Waals surface area contributed by atoms with Crippen molar-refractivity contribution in [2.75, 3.05) is 26.0 Å². The smallest absolute Gasteiger partial charge is 0.278 e. The normalized spacial score (nSPS) is 11.3. The average molecular weight is 422 g/mol. The third kappa shape index (κ3) is 3.87. The maximum atomic E-state index is 13.3. The van der Waals surface area contributed by atoms with Gasteiger partial charge in [0.2, 0.25) is 11.5 Å². The fraction of sp³-hybridized carbons (Fsp3) is 0.273. The Balaban J connectivity index is 1.92. The molecule has 9 nitrogen and oxygen atoms in total. The first-order chi connectivity index (χ1) is 15.0. The molecule has 0 bridgehead atoms. The van der Waals surface area contributed by atoms with Crippen LogP contribution in [0.3, 0.4) is 0 Å². The summed E-state index contributed by atoms with van der Waals surface area (Å²) in [4.78, 5) is 30.9. The molecular weight excluding hydrogens is 398 g/mol. The third-order valence-electron chi connectivity index (χ3n) is 5.12. The molecule has 0 aliphatic heterocycles. The second kappa shape index (κ2) is 8.57. The van der Waals surface area contributed by atoms with Crippen LogP contribution in [0.25, 0.3) is 16.7 Å². The van der Waals surface area contributed by atoms with Gasteiger partial charge in [-0.15, -0.1) is 0 Å². The maximum absolute atomic E-state index is 13.3. The quantitative estimate of drug-likeness (QED) is 0.264. The average Bonchev–Trinajstić information content (AvgIpc) is 3.27. The van der Waals surface area contributed by atoms with Crippen LogP contribution in [0.1, 0.15) is 28.1 Å². The largest absolute Gasteiger partial charge is 0.466 e. The van der Waals surface area contributed by atoms with E-state index < -0.39 is 0 Å². The number of carbonyl (C=O) groups is 1. The highest BCUT2D eigenvalue weighted by Gasteiger charge is 2.25. The molecule has 4 rings (SSSR count). The van der Waals surface area contributed by atoms with Gasteiger partial charge in [0.25, 0.3) is 17.1 Å². The van der Waals surface area contributed by atoms with Gasteiger partial charge in [-0.25, -0.2) is 4.57 Å². The monoisotopic (exact) mass is 422 g/mol. The van der Waals surface area contributed by atoms with Crippen LogP contribution < -0.4 is 21.2 Å². The number of rotatable bonds is 7. The predicted octanol–water partition coefficient (Wildman–Crippen LogP) is 1.43. The molecule has 0 aromatic carbocycles. The van der Waals surface area contributed by atoms with Crippen molar-refractivity contribution in [2.45, 2.75) is 19.9 Å². The van der Waals surface area contributed by atoms with E-state index in [2.05, 4.69) is 5.32 Å². The molecule has 4 aromatic heterocycles. The van der Waals surface area contributed by atoms with Crippen molar-refractivity contribution in [1.29, 1.82) is 0 Å². The van der Waals surface area contributed by atoms with Gasteiger partial charge in [-0.2, -0.15) is 0 Å². The van der Waals surface area contributed by atoms with Crippen molar-refractivity contribution < 1.29 is 18.5 Å². The van der Waals surface area contributed by atoms with Crippen LogP contribution in [0.4, 0.5) is 5.82 Å². The zero-order valence-corrected chi connectivity index (χ0v) is 17.4. The summed E-state index contributed by atoms with van der Waals surface area (Å²) in [6, 6.07) is 8.75. The molecule has 0 aliphatic rings. The lowest BCUT2D eigenvalue weighted by molar-refractivity contribution is -0.651. The first kappa shape index (κ1) is 20.5. The fourth-order valence-corrected chi connectivity index (χ4v) is 3.52. The van der Waals surface area contributed by atoms with Crippen LogP contribution in [-0.2, 0) is 11.3 Å². The lowest BCUT2D eigenvalue weighted by atomic mass is 10.1. The van der Waals surface area contributed by atoms with Crippen LogP contribution in [-0.4, -0.2) is 35.6 Å². The molecule has 0 aliphatic carbocycles. The summed E-state index contributed by atoms with van der Waals surface area (Å²) in [6.45, 7) is 3.07. The molecular formula is C22H24N5O4+. The van der Waals surface area contributed by atoms with Gasteiger partial charge in [-0.05, 0) is 37.6 Å². The van der Waals surface area contributed by atoms with Gasteiger partial charge in [0.15, 0.2) is 0 Å². The highest BCUT2D eigenvalue weighted by Crippen LogP contribution is 2.17. The van der Waals surface area contributed by atoms with Gasteiger partial charge in [-0.3, -0.25) is 14.0 Å². The molecule has 31 heavy (non-hydrogen) atoms. The van der Waals surface area contributed by atoms with E-state index in [-0.39, 0.29) is 29.4 Å². The van der Waals surface area contributed by atoms with Crippen LogP contribution in [0, 0.1) is 6.92 Å². The number of anilines is 1. The van der Waals surface area contributed by atoms with Crippen LogP contribution in [0.5, 0.6) is 0 Å². The molecule has 160 valence electrons. The molecule has 4 heterocycles. The number of fused-ring (bicyclic) bond motifs is 2. The number of aryl methyl sites for hydroxylation is 1. The Kier molecular flexibility index (Phi) is 5.68. The molecule has 0 radical (unpaired) electrons. The SMILES string of the molecule is COCCCNC(=O)c1cc2c(=O)n3cccc(C)c3nc2[n+](Cc2ccco2)c1N. The fourth-order valence-electron chi connectivity index (χ4n) is 3.52. The molecule has 0 spiro atoms. The molecule has 3 N–H and O–H groups in total. The van der Waals surface area contributed by atoms with Gasteiger partial charge >= 0.3 is 0 Å². The van der Waals surface area contributed by atoms with Gasteiger partial charge in [0, 0.05) is 32.0 Å². The predicted molar refractivity (Wildman–Crippen MR) is 115 cm³/mol. The maximum Gasteiger partial charge on any atom is 0.278 e. The Hall–Kier alpha value is -3.72. The zero-order valence-electron chi connectivity index (χ0n) is 17.4. The number of nitrogens with one attached hydrogen (secondary N) is 1. The number of nitrogen functional groups attached to an aromatic ring is 1. The number of pyridine rings is 2. The van der Waals surface area contributed by atoms with Gasteiger partial charge < -0.3 is 20.2 Å². The summed E-state index contributed by atoms with van der Waals surface area (Å²) >= 11 is 0. The molecule has 9 heteroatoms. The van der Waals surface area contributed by atoms with Gasteiger partial charge in [-0.1, -0.05) is 11.1 Å². The summed E-state index contributed by atoms with van der Waals surface area (Å²) in [6.07, 6.45) is 3.88. The van der Waals surface area contributed by atoms with Crippen LogP contribution >= 0.6 is 0 Å². The van der Waals surface area contributed by atoms with E-state index >= 15 is 0 Å². The van der Waals surface area contributed by atoms with E-state index in [4.69, 9.17) is 19.9 Å². The summed E-state index contributed by atoms with van der Waals surface area (Å²) in [7, 11) is 1.60. The highest BCUT2D eigenvalue weighted by molar-refractivity contribution is 6.00. The summed E-state index contributed by atoms with van der Waals surface area (Å²) in [5.41, 5.74) is 8.13. The second-order valence-electron chi connectivity index (χ2n) is 7.25. The van der Waals surface area contributed by atoms with Gasteiger partial charge in [0.1, 0.15) is 23.3 Å². The number of methoxy groups -OCH3 is 1. The number of aromatic nitrogens is 3. The number of nitrogens with zero attached hydrogens (tertiary/aromatic N) is 3. The lowest BCUT2D eigenvalue weighted by Crippen LogP contribution is -2.43. The van der Waals surface area contributed by atoms with E-state index in [0.717, 1.165) is 5.56 Å². The number of ether oxygens (including phenoxy) is 1. The number of amides is 1. The minimum absolute atomic E-state index is 0.206. The Morgan fingerprint density at radius 3 is 2.94 bits per heavy atom. The van der Waals surface area contributed by atoms with E-state index in [1.54, 1.807) is 42.3 Å². The Labute approximate surface area is 178 Å². The molecule has 4 aromatic rings. The molecule has 0 atom stereocenters. The highest BCUT2D eigenvalue weighted by atomic mass is 16.5. The minimum Gasteiger partial charge on any atom is -0.466 e. The first-order valence-corrected chi connectivity index (χ1v) is 9.94. The zero-order chi connectivity index (χ0) is 22.0. The van der Waals surface area contributed by atoms with Crippen molar-refractivity contribution in [3.8, 4) is 0 Å².